The highest BCUT2D eigenvalue weighted by molar-refractivity contribution is 6.29. The summed E-state index contributed by atoms with van der Waals surface area (Å²) >= 11 is 5.96. The van der Waals surface area contributed by atoms with Crippen molar-refractivity contribution in [1.29, 1.82) is 0 Å². The highest BCUT2D eigenvalue weighted by Crippen LogP contribution is 2.33. The van der Waals surface area contributed by atoms with E-state index < -0.39 is 6.10 Å². The van der Waals surface area contributed by atoms with Gasteiger partial charge in [-0.05, 0) is 50.6 Å². The van der Waals surface area contributed by atoms with Crippen LogP contribution in [0.25, 0.3) is 22.4 Å². The molecular weight excluding hydrogens is 446 g/mol. The Bertz CT molecular complexity index is 1440. The zero-order valence-electron chi connectivity index (χ0n) is 18.0. The van der Waals surface area contributed by atoms with Gasteiger partial charge in [-0.15, -0.1) is 0 Å². The summed E-state index contributed by atoms with van der Waals surface area (Å²) in [6.07, 6.45) is 4.01. The zero-order chi connectivity index (χ0) is 23.7. The van der Waals surface area contributed by atoms with Crippen LogP contribution < -0.4 is 15.9 Å². The van der Waals surface area contributed by atoms with Crippen LogP contribution >= 0.6 is 11.6 Å². The number of nitrogens with zero attached hydrogens (tertiary/aromatic N) is 4. The predicted molar refractivity (Wildman–Crippen MR) is 124 cm³/mol. The van der Waals surface area contributed by atoms with Crippen LogP contribution in [0.3, 0.4) is 0 Å². The van der Waals surface area contributed by atoms with Crippen LogP contribution in [-0.2, 0) is 0 Å². The Kier molecular flexibility index (Phi) is 5.97. The maximum atomic E-state index is 13.2. The van der Waals surface area contributed by atoms with E-state index >= 15 is 0 Å². The summed E-state index contributed by atoms with van der Waals surface area (Å²) in [5.41, 5.74) is 8.41. The molecule has 10 heteroatoms. The average Bonchev–Trinajstić information content (AvgIpc) is 2.82. The maximum Gasteiger partial charge on any atom is 0.196 e. The number of benzene rings is 1. The van der Waals surface area contributed by atoms with Crippen LogP contribution in [0.1, 0.15) is 35.4 Å². The van der Waals surface area contributed by atoms with Gasteiger partial charge in [-0.3, -0.25) is 9.78 Å². The van der Waals surface area contributed by atoms with E-state index in [4.69, 9.17) is 31.7 Å². The lowest BCUT2D eigenvalue weighted by molar-refractivity contribution is 0.225. The minimum absolute atomic E-state index is 0.0892. The molecule has 0 amide bonds. The van der Waals surface area contributed by atoms with E-state index in [0.29, 0.717) is 33.6 Å². The molecule has 4 aromatic rings. The maximum absolute atomic E-state index is 13.2. The van der Waals surface area contributed by atoms with Gasteiger partial charge in [-0.2, -0.15) is 0 Å². The molecule has 0 aliphatic heterocycles. The van der Waals surface area contributed by atoms with Gasteiger partial charge >= 0.3 is 0 Å². The smallest absolute Gasteiger partial charge is 0.196 e. The van der Waals surface area contributed by atoms with E-state index in [-0.39, 0.29) is 27.9 Å². The van der Waals surface area contributed by atoms with Crippen LogP contribution in [0, 0.1) is 13.8 Å². The molecule has 0 saturated carbocycles. The summed E-state index contributed by atoms with van der Waals surface area (Å²) in [5, 5.41) is 12.7. The normalized spacial score (nSPS) is 12.7. The van der Waals surface area contributed by atoms with E-state index in [1.54, 1.807) is 32.2 Å². The molecule has 33 heavy (non-hydrogen) atoms. The average molecular weight is 466 g/mol. The van der Waals surface area contributed by atoms with Crippen molar-refractivity contribution in [2.45, 2.75) is 26.9 Å². The number of fused-ring (bicyclic) bond motifs is 1. The molecule has 0 bridgehead atoms. The standard InChI is InChI=1S/C23H20ClN5O4/c1-11-8-14(13(3)32-17-4-5-18(24)28-19(17)23(25)29-31)22-15(9-11)20(30)12(2)21(33-22)16-10-26-6-7-27-16/h4-10,13,31H,1-3H3,(H2,25,29)/t13-/m1/s1. The van der Waals surface area contributed by atoms with Crippen molar-refractivity contribution in [2.24, 2.45) is 10.9 Å². The van der Waals surface area contributed by atoms with Crippen LogP contribution in [0.5, 0.6) is 5.75 Å². The Morgan fingerprint density at radius 1 is 1.27 bits per heavy atom. The van der Waals surface area contributed by atoms with Crippen LogP contribution in [0.15, 0.2) is 57.2 Å². The first kappa shape index (κ1) is 22.2. The minimum atomic E-state index is -0.596. The number of pyridine rings is 1. The minimum Gasteiger partial charge on any atom is -0.483 e. The first-order chi connectivity index (χ1) is 15.8. The highest BCUT2D eigenvalue weighted by Gasteiger charge is 2.22. The number of oxime groups is 1. The molecule has 1 aromatic carbocycles. The largest absolute Gasteiger partial charge is 0.483 e. The molecule has 3 heterocycles. The van der Waals surface area contributed by atoms with Gasteiger partial charge in [0.15, 0.2) is 22.7 Å². The molecule has 9 nitrogen and oxygen atoms in total. The topological polar surface area (TPSA) is 137 Å². The Labute approximate surface area is 193 Å². The second-order valence-electron chi connectivity index (χ2n) is 7.43. The van der Waals surface area contributed by atoms with Gasteiger partial charge < -0.3 is 20.1 Å². The van der Waals surface area contributed by atoms with E-state index in [1.807, 2.05) is 13.0 Å². The van der Waals surface area contributed by atoms with Gasteiger partial charge in [0, 0.05) is 23.5 Å². The first-order valence-corrected chi connectivity index (χ1v) is 10.3. The molecule has 0 saturated heterocycles. The van der Waals surface area contributed by atoms with Crippen molar-refractivity contribution in [1.82, 2.24) is 15.0 Å². The third kappa shape index (κ3) is 4.22. The number of amidine groups is 1. The Morgan fingerprint density at radius 2 is 2.06 bits per heavy atom. The molecule has 0 fully saturated rings. The number of ether oxygens (including phenoxy) is 1. The van der Waals surface area contributed by atoms with E-state index in [2.05, 4.69) is 20.1 Å². The molecule has 0 spiro atoms. The van der Waals surface area contributed by atoms with Gasteiger partial charge in [0.1, 0.15) is 28.3 Å². The molecular formula is C23H20ClN5O4. The lowest BCUT2D eigenvalue weighted by Gasteiger charge is -2.19. The number of aromatic nitrogens is 3. The van der Waals surface area contributed by atoms with Crippen molar-refractivity contribution in [3.63, 3.8) is 0 Å². The summed E-state index contributed by atoms with van der Waals surface area (Å²) in [5.74, 6) is 0.338. The second-order valence-corrected chi connectivity index (χ2v) is 7.82. The number of rotatable bonds is 5. The number of aryl methyl sites for hydroxylation is 1. The van der Waals surface area contributed by atoms with Gasteiger partial charge in [-0.1, -0.05) is 16.8 Å². The first-order valence-electron chi connectivity index (χ1n) is 9.95. The summed E-state index contributed by atoms with van der Waals surface area (Å²) < 4.78 is 12.3. The molecule has 3 N–H and O–H groups in total. The predicted octanol–water partition coefficient (Wildman–Crippen LogP) is 4.15. The number of hydrogen-bond acceptors (Lipinski definition) is 8. The fraction of sp³-hybridized carbons (Fsp3) is 0.174. The highest BCUT2D eigenvalue weighted by atomic mass is 35.5. The molecule has 0 aliphatic rings. The Balaban J connectivity index is 1.88. The molecule has 0 aliphatic carbocycles. The third-order valence-corrected chi connectivity index (χ3v) is 5.31. The van der Waals surface area contributed by atoms with Crippen molar-refractivity contribution >= 4 is 28.4 Å². The van der Waals surface area contributed by atoms with Crippen LogP contribution in [0.4, 0.5) is 0 Å². The fourth-order valence-corrected chi connectivity index (χ4v) is 3.68. The third-order valence-electron chi connectivity index (χ3n) is 5.10. The quantitative estimate of drug-likeness (QED) is 0.147. The van der Waals surface area contributed by atoms with Gasteiger partial charge in [0.25, 0.3) is 0 Å². The lowest BCUT2D eigenvalue weighted by atomic mass is 10.0. The summed E-state index contributed by atoms with van der Waals surface area (Å²) in [7, 11) is 0. The van der Waals surface area contributed by atoms with Crippen molar-refractivity contribution in [3.05, 3.63) is 80.6 Å². The SMILES string of the molecule is Cc1cc([C@@H](C)Oc2ccc(Cl)nc2C(N)=NO)c2oc(-c3cnccn3)c(C)c(=O)c2c1. The monoisotopic (exact) mass is 465 g/mol. The van der Waals surface area contributed by atoms with E-state index in [9.17, 15) is 4.79 Å². The second kappa shape index (κ2) is 8.87. The Hall–Kier alpha value is -3.98. The van der Waals surface area contributed by atoms with Crippen molar-refractivity contribution in [3.8, 4) is 17.2 Å². The molecule has 0 radical (unpaired) electrons. The van der Waals surface area contributed by atoms with Gasteiger partial charge in [0.05, 0.1) is 11.6 Å². The number of nitrogens with two attached hydrogens (primary N) is 1. The van der Waals surface area contributed by atoms with E-state index in [0.717, 1.165) is 5.56 Å². The molecule has 0 unspecified atom stereocenters. The zero-order valence-corrected chi connectivity index (χ0v) is 18.8. The van der Waals surface area contributed by atoms with Gasteiger partial charge in [-0.25, -0.2) is 9.97 Å². The summed E-state index contributed by atoms with van der Waals surface area (Å²) in [6.45, 7) is 5.37. The van der Waals surface area contributed by atoms with Crippen LogP contribution in [-0.4, -0.2) is 26.0 Å². The van der Waals surface area contributed by atoms with Crippen LogP contribution in [0.2, 0.25) is 5.15 Å². The summed E-state index contributed by atoms with van der Waals surface area (Å²) in [4.78, 5) is 25.6. The van der Waals surface area contributed by atoms with Gasteiger partial charge in [0.2, 0.25) is 0 Å². The van der Waals surface area contributed by atoms with Crippen molar-refractivity contribution in [2.75, 3.05) is 0 Å². The number of halogens is 1. The molecule has 4 rings (SSSR count). The molecule has 1 atom stereocenters. The van der Waals surface area contributed by atoms with E-state index in [1.165, 1.54) is 18.5 Å². The summed E-state index contributed by atoms with van der Waals surface area (Å²) in [6, 6.07) is 6.75. The molecule has 168 valence electrons. The fourth-order valence-electron chi connectivity index (χ4n) is 3.53. The van der Waals surface area contributed by atoms with Crippen molar-refractivity contribution < 1.29 is 14.4 Å². The Morgan fingerprint density at radius 3 is 2.76 bits per heavy atom. The lowest BCUT2D eigenvalue weighted by Crippen LogP contribution is -2.18. The number of hydrogen-bond donors (Lipinski definition) is 2. The molecule has 3 aromatic heterocycles.